The van der Waals surface area contributed by atoms with Gasteiger partial charge in [-0.25, -0.2) is 0 Å². The zero-order valence-corrected chi connectivity index (χ0v) is 8.99. The van der Waals surface area contributed by atoms with Crippen LogP contribution in [0.2, 0.25) is 0 Å². The Kier molecular flexibility index (Phi) is 4.81. The number of hydrogen-bond donors (Lipinski definition) is 0. The van der Waals surface area contributed by atoms with E-state index in [9.17, 15) is 9.59 Å². The summed E-state index contributed by atoms with van der Waals surface area (Å²) in [5, 5.41) is 0. The lowest BCUT2D eigenvalue weighted by molar-refractivity contribution is -0.124. The highest BCUT2D eigenvalue weighted by Crippen LogP contribution is 2.22. The molecule has 1 aliphatic rings. The molecule has 15 heavy (non-hydrogen) atoms. The van der Waals surface area contributed by atoms with Crippen molar-refractivity contribution in [2.75, 3.05) is 0 Å². The van der Waals surface area contributed by atoms with E-state index in [1.54, 1.807) is 6.08 Å². The second kappa shape index (κ2) is 6.17. The molecule has 0 unspecified atom stereocenters. The number of hydrogen-bond acceptors (Lipinski definition) is 3. The number of unbranched alkanes of at least 4 members (excludes halogenated alkanes) is 1. The van der Waals surface area contributed by atoms with Gasteiger partial charge >= 0.3 is 0 Å². The average Bonchev–Trinajstić information content (AvgIpc) is 2.27. The molecule has 82 valence electrons. The van der Waals surface area contributed by atoms with Crippen molar-refractivity contribution in [2.45, 2.75) is 39.0 Å². The third-order valence-electron chi connectivity index (χ3n) is 2.40. The SMILES string of the molecule is CCCCC(=O)C1=C(OC=O)C=CCC1. The molecule has 0 saturated carbocycles. The van der Waals surface area contributed by atoms with Crippen LogP contribution in [-0.2, 0) is 14.3 Å². The molecule has 0 aromatic rings. The topological polar surface area (TPSA) is 43.4 Å². The van der Waals surface area contributed by atoms with Gasteiger partial charge in [-0.1, -0.05) is 19.4 Å². The van der Waals surface area contributed by atoms with Crippen LogP contribution in [0.15, 0.2) is 23.5 Å². The molecule has 0 aromatic heterocycles. The van der Waals surface area contributed by atoms with Crippen molar-refractivity contribution in [1.82, 2.24) is 0 Å². The van der Waals surface area contributed by atoms with Crippen molar-refractivity contribution < 1.29 is 14.3 Å². The second-order valence-electron chi connectivity index (χ2n) is 3.52. The molecule has 3 nitrogen and oxygen atoms in total. The van der Waals surface area contributed by atoms with E-state index in [0.717, 1.165) is 19.3 Å². The van der Waals surface area contributed by atoms with Gasteiger partial charge in [0.25, 0.3) is 6.47 Å². The molecule has 0 atom stereocenters. The van der Waals surface area contributed by atoms with Gasteiger partial charge < -0.3 is 4.74 Å². The maximum Gasteiger partial charge on any atom is 0.298 e. The van der Waals surface area contributed by atoms with Crippen LogP contribution in [0.1, 0.15) is 39.0 Å². The molecular formula is C12H16O3. The van der Waals surface area contributed by atoms with E-state index in [4.69, 9.17) is 4.74 Å². The van der Waals surface area contributed by atoms with Crippen LogP contribution >= 0.6 is 0 Å². The van der Waals surface area contributed by atoms with Gasteiger partial charge in [0.1, 0.15) is 5.76 Å². The highest BCUT2D eigenvalue weighted by molar-refractivity contribution is 5.96. The first-order valence-electron chi connectivity index (χ1n) is 5.32. The summed E-state index contributed by atoms with van der Waals surface area (Å²) in [4.78, 5) is 22.0. The van der Waals surface area contributed by atoms with E-state index in [1.807, 2.05) is 13.0 Å². The first-order chi connectivity index (χ1) is 7.29. The van der Waals surface area contributed by atoms with Gasteiger partial charge in [-0.3, -0.25) is 9.59 Å². The summed E-state index contributed by atoms with van der Waals surface area (Å²) < 4.78 is 4.79. The number of allylic oxidation sites excluding steroid dienone is 3. The van der Waals surface area contributed by atoms with Gasteiger partial charge in [0.15, 0.2) is 5.78 Å². The summed E-state index contributed by atoms with van der Waals surface area (Å²) in [6.07, 6.45) is 7.58. The van der Waals surface area contributed by atoms with Crippen molar-refractivity contribution >= 4 is 12.3 Å². The maximum atomic E-state index is 11.8. The molecule has 0 fully saturated rings. The molecule has 1 rings (SSSR count). The summed E-state index contributed by atoms with van der Waals surface area (Å²) in [6.45, 7) is 2.42. The molecule has 0 saturated heterocycles. The van der Waals surface area contributed by atoms with Gasteiger partial charge in [0.05, 0.1) is 0 Å². The molecule has 0 aliphatic heterocycles. The Hall–Kier alpha value is -1.38. The quantitative estimate of drug-likeness (QED) is 0.630. The molecule has 0 bridgehead atoms. The first-order valence-corrected chi connectivity index (χ1v) is 5.32. The number of Topliss-reactive ketones (excluding diaryl/α,β-unsaturated/α-hetero) is 1. The Bertz CT molecular complexity index is 300. The van der Waals surface area contributed by atoms with Crippen LogP contribution in [0.4, 0.5) is 0 Å². The molecule has 0 N–H and O–H groups in total. The van der Waals surface area contributed by atoms with E-state index in [2.05, 4.69) is 0 Å². The van der Waals surface area contributed by atoms with Crippen molar-refractivity contribution in [3.63, 3.8) is 0 Å². The number of carbonyl (C=O) groups is 2. The van der Waals surface area contributed by atoms with E-state index >= 15 is 0 Å². The molecule has 1 aliphatic carbocycles. The largest absolute Gasteiger partial charge is 0.428 e. The summed E-state index contributed by atoms with van der Waals surface area (Å²) >= 11 is 0. The lowest BCUT2D eigenvalue weighted by atomic mass is 9.96. The Labute approximate surface area is 89.8 Å². The first kappa shape index (κ1) is 11.7. The number of ether oxygens (including phenoxy) is 1. The Morgan fingerprint density at radius 2 is 2.40 bits per heavy atom. The van der Waals surface area contributed by atoms with Gasteiger partial charge in [-0.15, -0.1) is 0 Å². The highest BCUT2D eigenvalue weighted by atomic mass is 16.5. The zero-order chi connectivity index (χ0) is 11.1. The van der Waals surface area contributed by atoms with Gasteiger partial charge in [-0.2, -0.15) is 0 Å². The summed E-state index contributed by atoms with van der Waals surface area (Å²) in [7, 11) is 0. The number of ketones is 1. The Morgan fingerprint density at radius 3 is 3.07 bits per heavy atom. The van der Waals surface area contributed by atoms with Crippen LogP contribution in [0, 0.1) is 0 Å². The fourth-order valence-electron chi connectivity index (χ4n) is 1.57. The molecule has 0 amide bonds. The maximum absolute atomic E-state index is 11.8. The van der Waals surface area contributed by atoms with Crippen LogP contribution in [0.25, 0.3) is 0 Å². The van der Waals surface area contributed by atoms with Gasteiger partial charge in [0, 0.05) is 12.0 Å². The standard InChI is InChI=1S/C12H16O3/c1-2-3-7-11(14)10-6-4-5-8-12(10)15-9-13/h5,8-9H,2-4,6-7H2,1H3. The lowest BCUT2D eigenvalue weighted by Gasteiger charge is -2.12. The summed E-state index contributed by atoms with van der Waals surface area (Å²) in [5.74, 6) is 0.537. The highest BCUT2D eigenvalue weighted by Gasteiger charge is 2.16. The Balaban J connectivity index is 2.73. The fourth-order valence-corrected chi connectivity index (χ4v) is 1.57. The molecule has 0 aromatic carbocycles. The third-order valence-corrected chi connectivity index (χ3v) is 2.40. The molecule has 0 spiro atoms. The minimum atomic E-state index is 0.109. The van der Waals surface area contributed by atoms with Crippen LogP contribution < -0.4 is 0 Å². The number of rotatable bonds is 6. The van der Waals surface area contributed by atoms with Gasteiger partial charge in [-0.05, 0) is 25.3 Å². The van der Waals surface area contributed by atoms with Gasteiger partial charge in [0.2, 0.25) is 0 Å². The van der Waals surface area contributed by atoms with E-state index in [0.29, 0.717) is 30.6 Å². The second-order valence-corrected chi connectivity index (χ2v) is 3.52. The van der Waals surface area contributed by atoms with E-state index < -0.39 is 0 Å². The van der Waals surface area contributed by atoms with Crippen LogP contribution in [0.3, 0.4) is 0 Å². The third kappa shape index (κ3) is 3.35. The zero-order valence-electron chi connectivity index (χ0n) is 8.99. The smallest absolute Gasteiger partial charge is 0.298 e. The van der Waals surface area contributed by atoms with Crippen molar-refractivity contribution in [3.05, 3.63) is 23.5 Å². The van der Waals surface area contributed by atoms with Crippen molar-refractivity contribution in [3.8, 4) is 0 Å². The summed E-state index contributed by atoms with van der Waals surface area (Å²) in [5.41, 5.74) is 0.665. The van der Waals surface area contributed by atoms with E-state index in [-0.39, 0.29) is 5.78 Å². The fraction of sp³-hybridized carbons (Fsp3) is 0.500. The average molecular weight is 208 g/mol. The summed E-state index contributed by atoms with van der Waals surface area (Å²) in [6, 6.07) is 0. The predicted molar refractivity (Wildman–Crippen MR) is 57.1 cm³/mol. The minimum Gasteiger partial charge on any atom is -0.428 e. The van der Waals surface area contributed by atoms with Crippen LogP contribution in [0.5, 0.6) is 0 Å². The molecular weight excluding hydrogens is 192 g/mol. The molecule has 0 radical (unpaired) electrons. The molecule has 0 heterocycles. The normalized spacial score (nSPS) is 15.3. The lowest BCUT2D eigenvalue weighted by Crippen LogP contribution is -2.09. The minimum absolute atomic E-state index is 0.109. The Morgan fingerprint density at radius 1 is 1.60 bits per heavy atom. The monoisotopic (exact) mass is 208 g/mol. The van der Waals surface area contributed by atoms with Crippen LogP contribution in [-0.4, -0.2) is 12.3 Å². The van der Waals surface area contributed by atoms with E-state index in [1.165, 1.54) is 0 Å². The van der Waals surface area contributed by atoms with Crippen molar-refractivity contribution in [2.24, 2.45) is 0 Å². The van der Waals surface area contributed by atoms with Crippen molar-refractivity contribution in [1.29, 1.82) is 0 Å². The number of carbonyl (C=O) groups excluding carboxylic acids is 2. The molecule has 3 heteroatoms. The predicted octanol–water partition coefficient (Wildman–Crippen LogP) is 2.52.